The van der Waals surface area contributed by atoms with E-state index in [-0.39, 0.29) is 11.4 Å². The van der Waals surface area contributed by atoms with Gasteiger partial charge in [0.05, 0.1) is 5.57 Å². The molecule has 0 atom stereocenters. The Morgan fingerprint density at radius 3 is 2.60 bits per heavy atom. The van der Waals surface area contributed by atoms with Crippen LogP contribution in [0.2, 0.25) is 0 Å². The molecule has 0 saturated heterocycles. The lowest BCUT2D eigenvalue weighted by Gasteiger charge is -1.92. The zero-order chi connectivity index (χ0) is 7.98. The minimum absolute atomic E-state index is 0.144. The van der Waals surface area contributed by atoms with Crippen molar-refractivity contribution in [3.63, 3.8) is 0 Å². The Balaban J connectivity index is 4.22. The fourth-order valence-electron chi connectivity index (χ4n) is 0.570. The van der Waals surface area contributed by atoms with Crippen LogP contribution < -0.4 is 0 Å². The second kappa shape index (κ2) is 4.71. The molecule has 0 aromatic carbocycles. The minimum Gasteiger partial charge on any atom is -0.294 e. The van der Waals surface area contributed by atoms with Crippen LogP contribution in [-0.2, 0) is 9.59 Å². The van der Waals surface area contributed by atoms with E-state index in [4.69, 9.17) is 0 Å². The van der Waals surface area contributed by atoms with Gasteiger partial charge in [0, 0.05) is 12.8 Å². The van der Waals surface area contributed by atoms with Crippen LogP contribution in [0.25, 0.3) is 0 Å². The molecule has 0 heterocycles. The van der Waals surface area contributed by atoms with Gasteiger partial charge in [-0.3, -0.25) is 4.79 Å². The van der Waals surface area contributed by atoms with Crippen molar-refractivity contribution in [2.45, 2.75) is 19.8 Å². The van der Waals surface area contributed by atoms with Gasteiger partial charge in [-0.1, -0.05) is 13.0 Å². The standard InChI is InChI=1S/C8H10O2/c1-3-5-7(6-9)8(10)4-2/h3H,1,4-5H2,2H3. The maximum atomic E-state index is 10.8. The highest BCUT2D eigenvalue weighted by atomic mass is 16.1. The number of hydrogen-bond donors (Lipinski definition) is 0. The van der Waals surface area contributed by atoms with Crippen molar-refractivity contribution < 1.29 is 9.59 Å². The van der Waals surface area contributed by atoms with E-state index in [9.17, 15) is 9.59 Å². The lowest BCUT2D eigenvalue weighted by Crippen LogP contribution is -1.99. The molecule has 0 aliphatic rings. The summed E-state index contributed by atoms with van der Waals surface area (Å²) in [6.07, 6.45) is 2.21. The predicted octanol–water partition coefficient (Wildman–Crippen LogP) is 1.30. The van der Waals surface area contributed by atoms with Gasteiger partial charge in [-0.05, 0) is 0 Å². The van der Waals surface area contributed by atoms with Crippen molar-refractivity contribution in [3.05, 3.63) is 18.2 Å². The van der Waals surface area contributed by atoms with Crippen molar-refractivity contribution in [1.29, 1.82) is 0 Å². The van der Waals surface area contributed by atoms with Crippen LogP contribution >= 0.6 is 0 Å². The second-order valence-corrected chi connectivity index (χ2v) is 1.85. The Labute approximate surface area is 60.2 Å². The minimum atomic E-state index is -0.144. The SMILES string of the molecule is C=CCC(=C=O)C(=O)CC. The first kappa shape index (κ1) is 8.86. The van der Waals surface area contributed by atoms with Gasteiger partial charge in [0.25, 0.3) is 0 Å². The number of carbonyl (C=O) groups excluding carboxylic acids is 2. The Bertz CT molecular complexity index is 185. The normalized spacial score (nSPS) is 8.10. The second-order valence-electron chi connectivity index (χ2n) is 1.85. The van der Waals surface area contributed by atoms with E-state index in [2.05, 4.69) is 6.58 Å². The Hall–Kier alpha value is -1.14. The van der Waals surface area contributed by atoms with E-state index >= 15 is 0 Å². The van der Waals surface area contributed by atoms with Gasteiger partial charge in [-0.15, -0.1) is 6.58 Å². The molecule has 0 spiro atoms. The zero-order valence-electron chi connectivity index (χ0n) is 6.02. The van der Waals surface area contributed by atoms with E-state index in [1.54, 1.807) is 12.9 Å². The van der Waals surface area contributed by atoms with Crippen molar-refractivity contribution in [2.75, 3.05) is 0 Å². The molecule has 0 amide bonds. The van der Waals surface area contributed by atoms with Crippen molar-refractivity contribution in [3.8, 4) is 0 Å². The highest BCUT2D eigenvalue weighted by Gasteiger charge is 2.04. The molecule has 0 N–H and O–H groups in total. The van der Waals surface area contributed by atoms with E-state index in [0.29, 0.717) is 12.8 Å². The molecule has 0 saturated carbocycles. The van der Waals surface area contributed by atoms with Crippen LogP contribution in [0.4, 0.5) is 0 Å². The topological polar surface area (TPSA) is 34.1 Å². The average Bonchev–Trinajstić information content (AvgIpc) is 1.99. The van der Waals surface area contributed by atoms with Crippen molar-refractivity contribution in [2.24, 2.45) is 0 Å². The van der Waals surface area contributed by atoms with Crippen LogP contribution in [0, 0.1) is 0 Å². The van der Waals surface area contributed by atoms with Gasteiger partial charge in [-0.25, -0.2) is 4.79 Å². The summed E-state index contributed by atoms with van der Waals surface area (Å²) < 4.78 is 0. The molecular formula is C8H10O2. The van der Waals surface area contributed by atoms with Gasteiger partial charge >= 0.3 is 0 Å². The summed E-state index contributed by atoms with van der Waals surface area (Å²) in [5, 5.41) is 0. The Morgan fingerprint density at radius 2 is 2.30 bits per heavy atom. The smallest absolute Gasteiger partial charge is 0.169 e. The number of ketones is 1. The summed E-state index contributed by atoms with van der Waals surface area (Å²) in [5.74, 6) is 1.46. The largest absolute Gasteiger partial charge is 0.294 e. The molecule has 0 aliphatic carbocycles. The number of rotatable bonds is 4. The molecule has 54 valence electrons. The van der Waals surface area contributed by atoms with E-state index in [1.165, 1.54) is 6.08 Å². The number of hydrogen-bond acceptors (Lipinski definition) is 2. The molecule has 0 radical (unpaired) electrons. The average molecular weight is 138 g/mol. The van der Waals surface area contributed by atoms with Gasteiger partial charge in [0.15, 0.2) is 5.78 Å². The molecule has 0 aliphatic heterocycles. The van der Waals surface area contributed by atoms with Gasteiger partial charge < -0.3 is 0 Å². The molecular weight excluding hydrogens is 128 g/mol. The predicted molar refractivity (Wildman–Crippen MR) is 39.3 cm³/mol. The van der Waals surface area contributed by atoms with Crippen LogP contribution in [0.3, 0.4) is 0 Å². The summed E-state index contributed by atoms with van der Waals surface area (Å²) >= 11 is 0. The Morgan fingerprint density at radius 1 is 1.70 bits per heavy atom. The maximum Gasteiger partial charge on any atom is 0.169 e. The molecule has 0 aromatic heterocycles. The summed E-state index contributed by atoms with van der Waals surface area (Å²) in [6.45, 7) is 5.12. The third kappa shape index (κ3) is 2.42. The van der Waals surface area contributed by atoms with Crippen LogP contribution in [0.1, 0.15) is 19.8 Å². The summed E-state index contributed by atoms with van der Waals surface area (Å²) in [6, 6.07) is 0. The highest BCUT2D eigenvalue weighted by Crippen LogP contribution is 2.00. The molecule has 0 fully saturated rings. The molecule has 10 heavy (non-hydrogen) atoms. The first-order chi connectivity index (χ1) is 4.76. The van der Waals surface area contributed by atoms with Gasteiger partial charge in [-0.2, -0.15) is 0 Å². The summed E-state index contributed by atoms with van der Waals surface area (Å²) in [5.41, 5.74) is 0.192. The van der Waals surface area contributed by atoms with Gasteiger partial charge in [0.1, 0.15) is 5.94 Å². The van der Waals surface area contributed by atoms with Gasteiger partial charge in [0.2, 0.25) is 0 Å². The lowest BCUT2D eigenvalue weighted by molar-refractivity contribution is -0.115. The van der Waals surface area contributed by atoms with Crippen molar-refractivity contribution >= 4 is 11.7 Å². The Kier molecular flexibility index (Phi) is 4.17. The quantitative estimate of drug-likeness (QED) is 0.333. The highest BCUT2D eigenvalue weighted by molar-refractivity contribution is 6.02. The fraction of sp³-hybridized carbons (Fsp3) is 0.375. The van der Waals surface area contributed by atoms with E-state index < -0.39 is 0 Å². The molecule has 0 bridgehead atoms. The lowest BCUT2D eigenvalue weighted by atomic mass is 10.1. The number of carbonyl (C=O) groups is 1. The first-order valence-electron chi connectivity index (χ1n) is 3.14. The number of Topliss-reactive ketones (excluding diaryl/α,β-unsaturated/α-hetero) is 1. The molecule has 0 rings (SSSR count). The maximum absolute atomic E-state index is 10.8. The molecule has 0 unspecified atom stereocenters. The fourth-order valence-corrected chi connectivity index (χ4v) is 0.570. The molecule has 2 heteroatoms. The van der Waals surface area contributed by atoms with Crippen molar-refractivity contribution in [1.82, 2.24) is 0 Å². The molecule has 0 aromatic rings. The molecule has 2 nitrogen and oxygen atoms in total. The summed E-state index contributed by atoms with van der Waals surface area (Å²) in [4.78, 5) is 20.9. The summed E-state index contributed by atoms with van der Waals surface area (Å²) in [7, 11) is 0. The van der Waals surface area contributed by atoms with Crippen LogP contribution in [0.15, 0.2) is 18.2 Å². The zero-order valence-corrected chi connectivity index (χ0v) is 6.02. The van der Waals surface area contributed by atoms with Crippen LogP contribution in [0.5, 0.6) is 0 Å². The third-order valence-electron chi connectivity index (χ3n) is 1.13. The van der Waals surface area contributed by atoms with E-state index in [0.717, 1.165) is 0 Å². The van der Waals surface area contributed by atoms with E-state index in [1.807, 2.05) is 0 Å². The monoisotopic (exact) mass is 138 g/mol. The first-order valence-corrected chi connectivity index (χ1v) is 3.14. The number of allylic oxidation sites excluding steroid dienone is 2. The van der Waals surface area contributed by atoms with Crippen LogP contribution in [-0.4, -0.2) is 11.7 Å². The third-order valence-corrected chi connectivity index (χ3v) is 1.13.